The lowest BCUT2D eigenvalue weighted by Gasteiger charge is -2.29. The van der Waals surface area contributed by atoms with Gasteiger partial charge in [-0.25, -0.2) is 0 Å². The monoisotopic (exact) mass is 297 g/mol. The highest BCUT2D eigenvalue weighted by molar-refractivity contribution is 7.07. The van der Waals surface area contributed by atoms with Crippen molar-refractivity contribution in [2.75, 3.05) is 13.1 Å². The summed E-state index contributed by atoms with van der Waals surface area (Å²) in [5.41, 5.74) is 0. The second-order valence-electron chi connectivity index (χ2n) is 4.97. The molecule has 0 radical (unpaired) electrons. The Morgan fingerprint density at radius 1 is 1.35 bits per heavy atom. The Balaban J connectivity index is 1.85. The van der Waals surface area contributed by atoms with Crippen molar-refractivity contribution in [3.05, 3.63) is 21.2 Å². The Labute approximate surface area is 121 Å². The molecule has 1 aromatic heterocycles. The second-order valence-corrected chi connectivity index (χ2v) is 5.83. The van der Waals surface area contributed by atoms with Crippen LogP contribution in [0.1, 0.15) is 26.2 Å². The van der Waals surface area contributed by atoms with Crippen LogP contribution in [-0.2, 0) is 16.1 Å². The normalized spacial score (nSPS) is 16.8. The van der Waals surface area contributed by atoms with E-state index in [1.54, 1.807) is 23.4 Å². The number of rotatable bonds is 4. The fourth-order valence-corrected chi connectivity index (χ4v) is 2.88. The summed E-state index contributed by atoms with van der Waals surface area (Å²) in [6.07, 6.45) is 4.78. The minimum Gasteiger partial charge on any atom is -0.343 e. The number of amides is 2. The van der Waals surface area contributed by atoms with E-state index in [0.29, 0.717) is 0 Å². The van der Waals surface area contributed by atoms with Crippen LogP contribution >= 0.6 is 11.3 Å². The van der Waals surface area contributed by atoms with Crippen LogP contribution in [0.25, 0.3) is 0 Å². The Kier molecular flexibility index (Phi) is 4.94. The molecule has 7 heteroatoms. The van der Waals surface area contributed by atoms with Gasteiger partial charge < -0.3 is 10.2 Å². The van der Waals surface area contributed by atoms with E-state index in [9.17, 15) is 14.4 Å². The Hall–Kier alpha value is -1.63. The zero-order chi connectivity index (χ0) is 14.5. The smallest absolute Gasteiger partial charge is 0.307 e. The van der Waals surface area contributed by atoms with E-state index in [2.05, 4.69) is 5.32 Å². The topological polar surface area (TPSA) is 71.4 Å². The molecule has 0 saturated carbocycles. The molecule has 1 saturated heterocycles. The predicted molar refractivity (Wildman–Crippen MR) is 76.6 cm³/mol. The molecule has 0 bridgehead atoms. The first kappa shape index (κ1) is 14.8. The van der Waals surface area contributed by atoms with Gasteiger partial charge in [-0.15, -0.1) is 0 Å². The molecule has 2 amide bonds. The number of hydrogen-bond donors (Lipinski definition) is 1. The van der Waals surface area contributed by atoms with Crippen molar-refractivity contribution in [3.8, 4) is 0 Å². The third kappa shape index (κ3) is 3.69. The van der Waals surface area contributed by atoms with Gasteiger partial charge in [-0.3, -0.25) is 19.0 Å². The lowest BCUT2D eigenvalue weighted by atomic mass is 10.1. The van der Waals surface area contributed by atoms with Gasteiger partial charge in [0, 0.05) is 24.7 Å². The minimum absolute atomic E-state index is 0.0417. The highest BCUT2D eigenvalue weighted by atomic mass is 32.1. The number of nitrogens with one attached hydrogen (secondary N) is 1. The maximum absolute atomic E-state index is 12.1. The van der Waals surface area contributed by atoms with Gasteiger partial charge in [-0.1, -0.05) is 11.3 Å². The third-order valence-corrected chi connectivity index (χ3v) is 4.07. The van der Waals surface area contributed by atoms with Crippen LogP contribution in [0.4, 0.5) is 0 Å². The molecule has 0 spiro atoms. The largest absolute Gasteiger partial charge is 0.343 e. The number of hydrogen-bond acceptors (Lipinski definition) is 4. The summed E-state index contributed by atoms with van der Waals surface area (Å²) in [5, 5.41) is 4.29. The average molecular weight is 297 g/mol. The highest BCUT2D eigenvalue weighted by Crippen LogP contribution is 2.09. The van der Waals surface area contributed by atoms with Crippen LogP contribution in [0.5, 0.6) is 0 Å². The number of thiazole rings is 1. The molecule has 1 aliphatic heterocycles. The summed E-state index contributed by atoms with van der Waals surface area (Å²) in [7, 11) is 0. The van der Waals surface area contributed by atoms with Gasteiger partial charge >= 0.3 is 4.87 Å². The van der Waals surface area contributed by atoms with E-state index in [4.69, 9.17) is 0 Å². The quantitative estimate of drug-likeness (QED) is 0.876. The van der Waals surface area contributed by atoms with Gasteiger partial charge in [0.25, 0.3) is 0 Å². The Bertz CT molecular complexity index is 531. The van der Waals surface area contributed by atoms with Crippen LogP contribution in [0.3, 0.4) is 0 Å². The summed E-state index contributed by atoms with van der Waals surface area (Å²) in [4.78, 5) is 36.9. The molecule has 0 aromatic carbocycles. The molecule has 110 valence electrons. The van der Waals surface area contributed by atoms with Crippen LogP contribution in [0.2, 0.25) is 0 Å². The molecule has 6 nitrogen and oxygen atoms in total. The van der Waals surface area contributed by atoms with Crippen molar-refractivity contribution in [2.45, 2.75) is 38.8 Å². The molecule has 20 heavy (non-hydrogen) atoms. The molecule has 0 aliphatic carbocycles. The van der Waals surface area contributed by atoms with Crippen LogP contribution < -0.4 is 10.2 Å². The van der Waals surface area contributed by atoms with Gasteiger partial charge in [-0.05, 0) is 26.2 Å². The summed E-state index contributed by atoms with van der Waals surface area (Å²) < 4.78 is 1.33. The maximum atomic E-state index is 12.1. The van der Waals surface area contributed by atoms with Crippen LogP contribution in [-0.4, -0.2) is 40.4 Å². The average Bonchev–Trinajstić information content (AvgIpc) is 2.84. The van der Waals surface area contributed by atoms with Crippen LogP contribution in [0, 0.1) is 0 Å². The zero-order valence-electron chi connectivity index (χ0n) is 11.5. The number of nitrogens with zero attached hydrogens (tertiary/aromatic N) is 2. The first-order chi connectivity index (χ1) is 9.58. The SMILES string of the molecule is CC(NC(=O)Cn1ccsc1=O)C(=O)N1CCCCC1. The summed E-state index contributed by atoms with van der Waals surface area (Å²) in [6.45, 7) is 3.18. The van der Waals surface area contributed by atoms with Crippen molar-refractivity contribution in [3.63, 3.8) is 0 Å². The number of carbonyl (C=O) groups is 2. The molecule has 1 aromatic rings. The molecule has 1 N–H and O–H groups in total. The lowest BCUT2D eigenvalue weighted by molar-refractivity contribution is -0.136. The minimum atomic E-state index is -0.546. The van der Waals surface area contributed by atoms with Gasteiger partial charge in [0.2, 0.25) is 11.8 Å². The second kappa shape index (κ2) is 6.69. The van der Waals surface area contributed by atoms with Crippen molar-refractivity contribution in [2.24, 2.45) is 0 Å². The molecule has 2 rings (SSSR count). The van der Waals surface area contributed by atoms with Crippen LogP contribution in [0.15, 0.2) is 16.4 Å². The van der Waals surface area contributed by atoms with E-state index in [0.717, 1.165) is 43.7 Å². The fraction of sp³-hybridized carbons (Fsp3) is 0.615. The number of carbonyl (C=O) groups excluding carboxylic acids is 2. The number of piperidine rings is 1. The molecule has 1 aliphatic rings. The van der Waals surface area contributed by atoms with E-state index < -0.39 is 6.04 Å². The number of aromatic nitrogens is 1. The van der Waals surface area contributed by atoms with Gasteiger partial charge in [-0.2, -0.15) is 0 Å². The highest BCUT2D eigenvalue weighted by Gasteiger charge is 2.23. The van der Waals surface area contributed by atoms with E-state index >= 15 is 0 Å². The Morgan fingerprint density at radius 2 is 2.05 bits per heavy atom. The maximum Gasteiger partial charge on any atom is 0.307 e. The van der Waals surface area contributed by atoms with Crippen molar-refractivity contribution in [1.29, 1.82) is 0 Å². The van der Waals surface area contributed by atoms with Crippen molar-refractivity contribution >= 4 is 23.2 Å². The molecule has 1 unspecified atom stereocenters. The molecular formula is C13H19N3O3S. The molecular weight excluding hydrogens is 278 g/mol. The lowest BCUT2D eigenvalue weighted by Crippen LogP contribution is -2.49. The summed E-state index contributed by atoms with van der Waals surface area (Å²) in [6, 6.07) is -0.546. The fourth-order valence-electron chi connectivity index (χ4n) is 2.30. The molecule has 1 fully saturated rings. The van der Waals surface area contributed by atoms with Gasteiger partial charge in [0.05, 0.1) is 0 Å². The first-order valence-corrected chi connectivity index (χ1v) is 7.68. The van der Waals surface area contributed by atoms with Gasteiger partial charge in [0.1, 0.15) is 12.6 Å². The summed E-state index contributed by atoms with van der Waals surface area (Å²) in [5.74, 6) is -0.362. The number of likely N-dealkylation sites (tertiary alicyclic amines) is 1. The predicted octanol–water partition coefficient (Wildman–Crippen LogP) is 0.427. The first-order valence-electron chi connectivity index (χ1n) is 6.80. The summed E-state index contributed by atoms with van der Waals surface area (Å²) >= 11 is 1.05. The van der Waals surface area contributed by atoms with Gasteiger partial charge in [0.15, 0.2) is 0 Å². The Morgan fingerprint density at radius 3 is 2.65 bits per heavy atom. The molecule has 2 heterocycles. The molecule has 1 atom stereocenters. The van der Waals surface area contributed by atoms with Crippen molar-refractivity contribution < 1.29 is 9.59 Å². The van der Waals surface area contributed by atoms with E-state index in [-0.39, 0.29) is 23.2 Å². The standard InChI is InChI=1S/C13H19N3O3S/c1-10(12(18)15-5-3-2-4-6-15)14-11(17)9-16-7-8-20-13(16)19/h7-8,10H,2-6,9H2,1H3,(H,14,17). The van der Waals surface area contributed by atoms with E-state index in [1.807, 2.05) is 0 Å². The van der Waals surface area contributed by atoms with E-state index in [1.165, 1.54) is 4.57 Å². The zero-order valence-corrected chi connectivity index (χ0v) is 12.3. The van der Waals surface area contributed by atoms with Crippen molar-refractivity contribution in [1.82, 2.24) is 14.8 Å². The third-order valence-electron chi connectivity index (χ3n) is 3.37.